The number of amides is 1. The summed E-state index contributed by atoms with van der Waals surface area (Å²) in [7, 11) is 3.51. The van der Waals surface area contributed by atoms with E-state index in [4.69, 9.17) is 9.47 Å². The van der Waals surface area contributed by atoms with Crippen LogP contribution in [0.15, 0.2) is 35.3 Å². The zero-order valence-corrected chi connectivity index (χ0v) is 18.4. The van der Waals surface area contributed by atoms with Crippen LogP contribution in [0.2, 0.25) is 0 Å². The molecule has 7 heteroatoms. The van der Waals surface area contributed by atoms with Gasteiger partial charge in [0.15, 0.2) is 5.96 Å². The molecular weight excluding hydrogens is 380 g/mol. The molecule has 0 saturated carbocycles. The molecule has 30 heavy (non-hydrogen) atoms. The van der Waals surface area contributed by atoms with Gasteiger partial charge in [-0.05, 0) is 49.5 Å². The third-order valence-corrected chi connectivity index (χ3v) is 5.42. The maximum absolute atomic E-state index is 12.0. The van der Waals surface area contributed by atoms with E-state index in [0.717, 1.165) is 57.2 Å². The predicted octanol–water partition coefficient (Wildman–Crippen LogP) is 2.39. The van der Waals surface area contributed by atoms with Crippen LogP contribution in [0.25, 0.3) is 5.57 Å². The summed E-state index contributed by atoms with van der Waals surface area (Å²) in [5.74, 6) is 1.68. The van der Waals surface area contributed by atoms with Crippen molar-refractivity contribution in [2.75, 3.05) is 53.5 Å². The van der Waals surface area contributed by atoms with Gasteiger partial charge in [-0.3, -0.25) is 4.79 Å². The van der Waals surface area contributed by atoms with Crippen LogP contribution in [0.1, 0.15) is 31.7 Å². The van der Waals surface area contributed by atoms with Gasteiger partial charge in [-0.25, -0.2) is 4.99 Å². The fraction of sp³-hybridized carbons (Fsp3) is 0.565. The van der Waals surface area contributed by atoms with E-state index in [1.807, 2.05) is 19.1 Å². The molecule has 1 fully saturated rings. The summed E-state index contributed by atoms with van der Waals surface area (Å²) >= 11 is 0. The van der Waals surface area contributed by atoms with Crippen LogP contribution in [-0.2, 0) is 9.53 Å². The Kier molecular flexibility index (Phi) is 8.13. The molecule has 1 unspecified atom stereocenters. The highest BCUT2D eigenvalue weighted by atomic mass is 16.5. The minimum atomic E-state index is -0.00551. The number of aliphatic imine (C=N–C) groups is 1. The summed E-state index contributed by atoms with van der Waals surface area (Å²) in [5, 5.41) is 3.44. The lowest BCUT2D eigenvalue weighted by Gasteiger charge is -2.30. The highest BCUT2D eigenvalue weighted by Crippen LogP contribution is 2.24. The summed E-state index contributed by atoms with van der Waals surface area (Å²) in [5.41, 5.74) is 2.56. The second-order valence-electron chi connectivity index (χ2n) is 7.83. The number of likely N-dealkylation sites (N-methyl/N-ethyl adjacent to an activating group) is 1. The Morgan fingerprint density at radius 1 is 1.33 bits per heavy atom. The van der Waals surface area contributed by atoms with Crippen LogP contribution < -0.4 is 10.1 Å². The largest absolute Gasteiger partial charge is 0.494 e. The molecule has 0 aromatic heterocycles. The van der Waals surface area contributed by atoms with E-state index in [-0.39, 0.29) is 18.6 Å². The minimum Gasteiger partial charge on any atom is -0.494 e. The maximum atomic E-state index is 12.0. The summed E-state index contributed by atoms with van der Waals surface area (Å²) < 4.78 is 11.3. The van der Waals surface area contributed by atoms with Gasteiger partial charge in [0.05, 0.1) is 12.7 Å². The zero-order chi connectivity index (χ0) is 21.3. The lowest BCUT2D eigenvalue weighted by atomic mass is 9.99. The Morgan fingerprint density at radius 2 is 2.13 bits per heavy atom. The Labute approximate surface area is 179 Å². The second-order valence-corrected chi connectivity index (χ2v) is 7.83. The first-order valence-corrected chi connectivity index (χ1v) is 10.8. The number of guanidine groups is 1. The van der Waals surface area contributed by atoms with E-state index in [0.29, 0.717) is 6.61 Å². The Bertz CT molecular complexity index is 752. The lowest BCUT2D eigenvalue weighted by molar-refractivity contribution is -0.127. The van der Waals surface area contributed by atoms with Crippen LogP contribution in [0.3, 0.4) is 0 Å². The third-order valence-electron chi connectivity index (χ3n) is 5.42. The molecule has 0 bridgehead atoms. The van der Waals surface area contributed by atoms with E-state index in [9.17, 15) is 4.79 Å². The van der Waals surface area contributed by atoms with Crippen molar-refractivity contribution in [1.29, 1.82) is 0 Å². The third kappa shape index (κ3) is 6.23. The smallest absolute Gasteiger partial charge is 0.243 e. The second kappa shape index (κ2) is 11.0. The zero-order valence-electron chi connectivity index (χ0n) is 18.4. The average Bonchev–Trinajstić information content (AvgIpc) is 3.28. The number of hydrogen-bond acceptors (Lipinski definition) is 4. The van der Waals surface area contributed by atoms with Gasteiger partial charge < -0.3 is 24.6 Å². The van der Waals surface area contributed by atoms with E-state index in [2.05, 4.69) is 33.4 Å². The van der Waals surface area contributed by atoms with Gasteiger partial charge in [0.2, 0.25) is 5.91 Å². The SMILES string of the molecule is CCOc1ccc(C2=CCN(C(=NCC(=O)N(C)C)NCC3CCCO3)CC2)cc1. The molecule has 0 radical (unpaired) electrons. The number of benzene rings is 1. The molecule has 1 saturated heterocycles. The van der Waals surface area contributed by atoms with Gasteiger partial charge in [-0.1, -0.05) is 18.2 Å². The van der Waals surface area contributed by atoms with Gasteiger partial charge in [-0.2, -0.15) is 0 Å². The van der Waals surface area contributed by atoms with Crippen molar-refractivity contribution in [1.82, 2.24) is 15.1 Å². The van der Waals surface area contributed by atoms with Crippen molar-refractivity contribution < 1.29 is 14.3 Å². The summed E-state index contributed by atoms with van der Waals surface area (Å²) in [6, 6.07) is 8.28. The van der Waals surface area contributed by atoms with Gasteiger partial charge in [0, 0.05) is 40.3 Å². The molecule has 1 aromatic rings. The molecule has 2 aliphatic rings. The highest BCUT2D eigenvalue weighted by Gasteiger charge is 2.20. The molecule has 0 spiro atoms. The molecule has 1 N–H and O–H groups in total. The Balaban J connectivity index is 1.64. The molecule has 0 aliphatic carbocycles. The van der Waals surface area contributed by atoms with Crippen molar-refractivity contribution in [3.63, 3.8) is 0 Å². The predicted molar refractivity (Wildman–Crippen MR) is 120 cm³/mol. The van der Waals surface area contributed by atoms with Crippen molar-refractivity contribution >= 4 is 17.4 Å². The first kappa shape index (κ1) is 22.2. The number of nitrogens with zero attached hydrogens (tertiary/aromatic N) is 3. The first-order valence-electron chi connectivity index (χ1n) is 10.8. The van der Waals surface area contributed by atoms with Crippen molar-refractivity contribution in [3.8, 4) is 5.75 Å². The standard InChI is InChI=1S/C23H34N4O3/c1-4-29-20-9-7-18(8-10-20)19-11-13-27(14-12-19)23(25-17-22(28)26(2)3)24-16-21-6-5-15-30-21/h7-11,21H,4-6,12-17H2,1-3H3,(H,24,25). The monoisotopic (exact) mass is 414 g/mol. The van der Waals surface area contributed by atoms with E-state index in [1.165, 1.54) is 11.1 Å². The first-order chi connectivity index (χ1) is 14.6. The fourth-order valence-corrected chi connectivity index (χ4v) is 3.62. The number of carbonyl (C=O) groups is 1. The summed E-state index contributed by atoms with van der Waals surface area (Å²) in [4.78, 5) is 20.4. The average molecular weight is 415 g/mol. The number of hydrogen-bond donors (Lipinski definition) is 1. The molecule has 1 atom stereocenters. The number of ether oxygens (including phenoxy) is 2. The summed E-state index contributed by atoms with van der Waals surface area (Å²) in [6.45, 7) is 5.98. The van der Waals surface area contributed by atoms with Gasteiger partial charge >= 0.3 is 0 Å². The molecule has 164 valence electrons. The molecule has 2 aliphatic heterocycles. The number of rotatable bonds is 7. The van der Waals surface area contributed by atoms with E-state index >= 15 is 0 Å². The molecule has 1 aromatic carbocycles. The van der Waals surface area contributed by atoms with Crippen LogP contribution in [0.4, 0.5) is 0 Å². The fourth-order valence-electron chi connectivity index (χ4n) is 3.62. The van der Waals surface area contributed by atoms with Crippen LogP contribution in [0.5, 0.6) is 5.75 Å². The van der Waals surface area contributed by atoms with Crippen LogP contribution >= 0.6 is 0 Å². The molecule has 1 amide bonds. The van der Waals surface area contributed by atoms with Crippen LogP contribution in [0, 0.1) is 0 Å². The van der Waals surface area contributed by atoms with Crippen molar-refractivity contribution in [2.24, 2.45) is 4.99 Å². The minimum absolute atomic E-state index is 0.00551. The topological polar surface area (TPSA) is 66.4 Å². The Morgan fingerprint density at radius 3 is 2.73 bits per heavy atom. The quantitative estimate of drug-likeness (QED) is 0.548. The highest BCUT2D eigenvalue weighted by molar-refractivity contribution is 5.85. The summed E-state index contributed by atoms with van der Waals surface area (Å²) in [6.07, 6.45) is 5.57. The van der Waals surface area contributed by atoms with Crippen LogP contribution in [-0.4, -0.2) is 81.3 Å². The molecule has 7 nitrogen and oxygen atoms in total. The van der Waals surface area contributed by atoms with Gasteiger partial charge in [0.1, 0.15) is 12.3 Å². The lowest BCUT2D eigenvalue weighted by Crippen LogP contribution is -2.46. The number of nitrogens with one attached hydrogen (secondary N) is 1. The van der Waals surface area contributed by atoms with Crippen molar-refractivity contribution in [2.45, 2.75) is 32.3 Å². The van der Waals surface area contributed by atoms with Gasteiger partial charge in [-0.15, -0.1) is 0 Å². The molecule has 3 rings (SSSR count). The molecule has 2 heterocycles. The Hall–Kier alpha value is -2.54. The van der Waals surface area contributed by atoms with Gasteiger partial charge in [0.25, 0.3) is 0 Å². The molecular formula is C23H34N4O3. The van der Waals surface area contributed by atoms with E-state index in [1.54, 1.807) is 19.0 Å². The normalized spacial score (nSPS) is 19.4. The van der Waals surface area contributed by atoms with Crippen molar-refractivity contribution in [3.05, 3.63) is 35.9 Å². The van der Waals surface area contributed by atoms with E-state index < -0.39 is 0 Å². The maximum Gasteiger partial charge on any atom is 0.243 e. The number of carbonyl (C=O) groups excluding carboxylic acids is 1.